The zero-order valence-corrected chi connectivity index (χ0v) is 12.4. The lowest BCUT2D eigenvalue weighted by molar-refractivity contribution is 0.452. The van der Waals surface area contributed by atoms with E-state index < -0.39 is 0 Å². The van der Waals surface area contributed by atoms with Gasteiger partial charge in [0.1, 0.15) is 0 Å². The molecule has 0 spiro atoms. The fourth-order valence-corrected chi connectivity index (χ4v) is 2.59. The molecule has 0 aliphatic heterocycles. The highest BCUT2D eigenvalue weighted by Crippen LogP contribution is 2.30. The van der Waals surface area contributed by atoms with Gasteiger partial charge in [0.15, 0.2) is 0 Å². The number of allylic oxidation sites excluding steroid dienone is 3. The minimum atomic E-state index is 0.621. The fourth-order valence-electron chi connectivity index (χ4n) is 2.59. The number of hydrogen-bond donors (Lipinski definition) is 0. The molecule has 0 fully saturated rings. The maximum absolute atomic E-state index is 2.39. The van der Waals surface area contributed by atoms with Crippen LogP contribution in [0.4, 0.5) is 5.69 Å². The van der Waals surface area contributed by atoms with Gasteiger partial charge in [-0.05, 0) is 37.5 Å². The van der Waals surface area contributed by atoms with E-state index in [2.05, 4.69) is 80.2 Å². The van der Waals surface area contributed by atoms with Crippen LogP contribution in [0.3, 0.4) is 0 Å². The maximum Gasteiger partial charge on any atom is 0.0602 e. The molecule has 0 amide bonds. The standard InChI is InChI=1S/C17H24N2/c1-5-19(15-9-7-6-8-10-15)16-12-11-14(2)13-17(16)18(3)4/h6-12,14H,5,13H2,1-4H3/t14-/m0/s1. The molecular formula is C17H24N2. The average molecular weight is 256 g/mol. The van der Waals surface area contributed by atoms with Crippen LogP contribution < -0.4 is 4.90 Å². The molecule has 102 valence electrons. The minimum Gasteiger partial charge on any atom is -0.379 e. The topological polar surface area (TPSA) is 6.48 Å². The van der Waals surface area contributed by atoms with Gasteiger partial charge in [-0.2, -0.15) is 0 Å². The summed E-state index contributed by atoms with van der Waals surface area (Å²) in [6.45, 7) is 5.46. The van der Waals surface area contributed by atoms with Crippen LogP contribution >= 0.6 is 0 Å². The largest absolute Gasteiger partial charge is 0.379 e. The highest BCUT2D eigenvalue weighted by molar-refractivity contribution is 5.56. The number of nitrogens with zero attached hydrogens (tertiary/aromatic N) is 2. The van der Waals surface area contributed by atoms with Crippen molar-refractivity contribution < 1.29 is 0 Å². The molecule has 0 radical (unpaired) electrons. The Morgan fingerprint density at radius 3 is 2.42 bits per heavy atom. The lowest BCUT2D eigenvalue weighted by Gasteiger charge is -2.33. The van der Waals surface area contributed by atoms with Gasteiger partial charge in [0, 0.05) is 32.0 Å². The first-order valence-corrected chi connectivity index (χ1v) is 7.04. The van der Waals surface area contributed by atoms with E-state index in [0.717, 1.165) is 13.0 Å². The molecule has 19 heavy (non-hydrogen) atoms. The fraction of sp³-hybridized carbons (Fsp3) is 0.412. The Balaban J connectivity index is 2.41. The molecule has 0 N–H and O–H groups in total. The summed E-state index contributed by atoms with van der Waals surface area (Å²) in [6, 6.07) is 10.6. The summed E-state index contributed by atoms with van der Waals surface area (Å²) in [7, 11) is 4.28. The predicted molar refractivity (Wildman–Crippen MR) is 83.1 cm³/mol. The van der Waals surface area contributed by atoms with Crippen molar-refractivity contribution in [2.24, 2.45) is 5.92 Å². The Kier molecular flexibility index (Phi) is 4.31. The molecule has 0 aromatic heterocycles. The van der Waals surface area contributed by atoms with Gasteiger partial charge in [-0.25, -0.2) is 0 Å². The summed E-state index contributed by atoms with van der Waals surface area (Å²) >= 11 is 0. The molecule has 1 aromatic carbocycles. The molecule has 0 bridgehead atoms. The smallest absolute Gasteiger partial charge is 0.0602 e. The second-order valence-corrected chi connectivity index (χ2v) is 5.35. The molecule has 0 heterocycles. The average Bonchev–Trinajstić information content (AvgIpc) is 2.42. The van der Waals surface area contributed by atoms with Crippen molar-refractivity contribution in [3.05, 3.63) is 53.9 Å². The van der Waals surface area contributed by atoms with E-state index in [0.29, 0.717) is 5.92 Å². The number of hydrogen-bond acceptors (Lipinski definition) is 2. The number of para-hydroxylation sites is 1. The van der Waals surface area contributed by atoms with Gasteiger partial charge < -0.3 is 9.80 Å². The van der Waals surface area contributed by atoms with Crippen LogP contribution in [0.5, 0.6) is 0 Å². The van der Waals surface area contributed by atoms with Gasteiger partial charge in [-0.3, -0.25) is 0 Å². The number of likely N-dealkylation sites (N-methyl/N-ethyl adjacent to an activating group) is 1. The first kappa shape index (κ1) is 13.7. The van der Waals surface area contributed by atoms with E-state index >= 15 is 0 Å². The zero-order valence-electron chi connectivity index (χ0n) is 12.4. The van der Waals surface area contributed by atoms with E-state index in [1.54, 1.807) is 0 Å². The van der Waals surface area contributed by atoms with Crippen molar-refractivity contribution in [2.75, 3.05) is 25.5 Å². The lowest BCUT2D eigenvalue weighted by atomic mass is 9.97. The number of benzene rings is 1. The Hall–Kier alpha value is -1.70. The summed E-state index contributed by atoms with van der Waals surface area (Å²) in [4.78, 5) is 4.64. The Morgan fingerprint density at radius 2 is 1.84 bits per heavy atom. The van der Waals surface area contributed by atoms with E-state index in [1.165, 1.54) is 17.1 Å². The van der Waals surface area contributed by atoms with Crippen molar-refractivity contribution in [1.29, 1.82) is 0 Å². The minimum absolute atomic E-state index is 0.621. The molecule has 1 aliphatic rings. The maximum atomic E-state index is 2.39. The van der Waals surface area contributed by atoms with Gasteiger partial charge in [0.2, 0.25) is 0 Å². The van der Waals surface area contributed by atoms with Crippen molar-refractivity contribution in [3.63, 3.8) is 0 Å². The monoisotopic (exact) mass is 256 g/mol. The third kappa shape index (κ3) is 3.01. The first-order chi connectivity index (χ1) is 9.13. The van der Waals surface area contributed by atoms with E-state index in [-0.39, 0.29) is 0 Å². The van der Waals surface area contributed by atoms with Crippen molar-refractivity contribution in [3.8, 4) is 0 Å². The van der Waals surface area contributed by atoms with Gasteiger partial charge in [-0.1, -0.05) is 31.2 Å². The molecule has 1 aliphatic carbocycles. The highest BCUT2D eigenvalue weighted by atomic mass is 15.2. The number of rotatable bonds is 4. The molecule has 2 heteroatoms. The third-order valence-corrected chi connectivity index (χ3v) is 3.61. The molecule has 0 unspecified atom stereocenters. The lowest BCUT2D eigenvalue weighted by Crippen LogP contribution is -2.28. The normalized spacial score (nSPS) is 18.6. The van der Waals surface area contributed by atoms with Crippen LogP contribution in [0.25, 0.3) is 0 Å². The molecule has 2 rings (SSSR count). The highest BCUT2D eigenvalue weighted by Gasteiger charge is 2.19. The number of anilines is 1. The quantitative estimate of drug-likeness (QED) is 0.806. The molecule has 2 nitrogen and oxygen atoms in total. The molecule has 1 atom stereocenters. The summed E-state index contributed by atoms with van der Waals surface area (Å²) in [5, 5.41) is 0. The van der Waals surface area contributed by atoms with Crippen LogP contribution in [0, 0.1) is 5.92 Å². The molecule has 1 aromatic rings. The van der Waals surface area contributed by atoms with E-state index in [4.69, 9.17) is 0 Å². The van der Waals surface area contributed by atoms with Gasteiger partial charge in [0.25, 0.3) is 0 Å². The van der Waals surface area contributed by atoms with Crippen molar-refractivity contribution >= 4 is 5.69 Å². The Labute approximate surface area is 117 Å². The van der Waals surface area contributed by atoms with Crippen LogP contribution in [0.1, 0.15) is 20.3 Å². The summed E-state index contributed by atoms with van der Waals surface area (Å²) in [6.07, 6.45) is 5.70. The van der Waals surface area contributed by atoms with Crippen LogP contribution in [0.2, 0.25) is 0 Å². The van der Waals surface area contributed by atoms with Gasteiger partial charge in [0.05, 0.1) is 5.70 Å². The van der Waals surface area contributed by atoms with Crippen molar-refractivity contribution in [1.82, 2.24) is 4.90 Å². The second-order valence-electron chi connectivity index (χ2n) is 5.35. The summed E-state index contributed by atoms with van der Waals surface area (Å²) in [5.41, 5.74) is 4.01. The molecule has 0 saturated carbocycles. The SMILES string of the molecule is CCN(C1=C(N(C)C)C[C@@H](C)C=C1)c1ccccc1. The van der Waals surface area contributed by atoms with E-state index in [9.17, 15) is 0 Å². The Morgan fingerprint density at radius 1 is 1.16 bits per heavy atom. The second kappa shape index (κ2) is 5.96. The van der Waals surface area contributed by atoms with Crippen LogP contribution in [-0.4, -0.2) is 25.5 Å². The third-order valence-electron chi connectivity index (χ3n) is 3.61. The van der Waals surface area contributed by atoms with Gasteiger partial charge >= 0.3 is 0 Å². The van der Waals surface area contributed by atoms with Crippen LogP contribution in [-0.2, 0) is 0 Å². The first-order valence-electron chi connectivity index (χ1n) is 7.04. The molecule has 0 saturated heterocycles. The van der Waals surface area contributed by atoms with Gasteiger partial charge in [-0.15, -0.1) is 0 Å². The summed E-state index contributed by atoms with van der Waals surface area (Å²) < 4.78 is 0. The summed E-state index contributed by atoms with van der Waals surface area (Å²) in [5.74, 6) is 0.621. The van der Waals surface area contributed by atoms with Crippen LogP contribution in [0.15, 0.2) is 53.9 Å². The Bertz CT molecular complexity index is 471. The predicted octanol–water partition coefficient (Wildman–Crippen LogP) is 3.88. The van der Waals surface area contributed by atoms with E-state index in [1.807, 2.05) is 0 Å². The molecular weight excluding hydrogens is 232 g/mol. The zero-order chi connectivity index (χ0) is 13.8. The van der Waals surface area contributed by atoms with Crippen molar-refractivity contribution in [2.45, 2.75) is 20.3 Å².